The monoisotopic (exact) mass is 320 g/mol. The van der Waals surface area contributed by atoms with E-state index in [9.17, 15) is 0 Å². The van der Waals surface area contributed by atoms with Gasteiger partial charge in [0.05, 0.1) is 19.3 Å². The van der Waals surface area contributed by atoms with Crippen LogP contribution in [0, 0.1) is 16.4 Å². The fraction of sp³-hybridized carbons (Fsp3) is 0.700. The summed E-state index contributed by atoms with van der Waals surface area (Å²) in [5.74, 6) is 1.72. The van der Waals surface area contributed by atoms with Crippen LogP contribution in [0.15, 0.2) is 18.2 Å². The molecular weight excluding hydrogens is 288 g/mol. The molecule has 0 saturated carbocycles. The van der Waals surface area contributed by atoms with E-state index in [1.807, 2.05) is 0 Å². The average Bonchev–Trinajstić information content (AvgIpc) is 2.54. The molecule has 0 amide bonds. The first kappa shape index (κ1) is 18.3. The van der Waals surface area contributed by atoms with Gasteiger partial charge in [-0.2, -0.15) is 0 Å². The van der Waals surface area contributed by atoms with E-state index in [0.29, 0.717) is 18.8 Å². The molecule has 1 fully saturated rings. The Labute approximate surface area is 140 Å². The Kier molecular flexibility index (Phi) is 7.90. The zero-order valence-corrected chi connectivity index (χ0v) is 15.0. The predicted octanol–water partition coefficient (Wildman–Crippen LogP) is 5.04. The molecule has 23 heavy (non-hydrogen) atoms. The molecule has 3 aliphatic rings. The van der Waals surface area contributed by atoms with Gasteiger partial charge in [-0.15, -0.1) is 0 Å². The highest BCUT2D eigenvalue weighted by molar-refractivity contribution is 5.38. The number of benzene rings is 1. The summed E-state index contributed by atoms with van der Waals surface area (Å²) in [6.07, 6.45) is 7.97. The lowest BCUT2D eigenvalue weighted by molar-refractivity contribution is -0.165. The van der Waals surface area contributed by atoms with Crippen molar-refractivity contribution in [3.63, 3.8) is 0 Å². The van der Waals surface area contributed by atoms with E-state index in [-0.39, 0.29) is 0 Å². The third-order valence-electron chi connectivity index (χ3n) is 4.64. The van der Waals surface area contributed by atoms with Crippen LogP contribution in [0.3, 0.4) is 0 Å². The molecule has 0 N–H and O–H groups in total. The molecule has 3 heteroatoms. The Morgan fingerprint density at radius 1 is 1.13 bits per heavy atom. The minimum Gasteiger partial charge on any atom is -0.493 e. The van der Waals surface area contributed by atoms with Gasteiger partial charge in [0.15, 0.2) is 0 Å². The number of hydrogen-bond donors (Lipinski definition) is 0. The molecule has 3 rings (SSSR count). The van der Waals surface area contributed by atoms with Crippen molar-refractivity contribution in [1.82, 2.24) is 0 Å². The second-order valence-electron chi connectivity index (χ2n) is 6.53. The fourth-order valence-electron chi connectivity index (χ4n) is 2.80. The predicted molar refractivity (Wildman–Crippen MR) is 93.5 cm³/mol. The Balaban J connectivity index is 0.000000167. The third-order valence-corrected chi connectivity index (χ3v) is 4.64. The average molecular weight is 320 g/mol. The molecule has 0 bridgehead atoms. The van der Waals surface area contributed by atoms with Crippen molar-refractivity contribution < 1.29 is 14.2 Å². The maximum Gasteiger partial charge on any atom is 0.147 e. The summed E-state index contributed by atoms with van der Waals surface area (Å²) in [6, 6.07) is 6.32. The van der Waals surface area contributed by atoms with Crippen LogP contribution >= 0.6 is 0 Å². The molecule has 0 aromatic heterocycles. The first-order valence-corrected chi connectivity index (χ1v) is 9.22. The van der Waals surface area contributed by atoms with Crippen molar-refractivity contribution in [3.8, 4) is 5.75 Å². The Morgan fingerprint density at radius 3 is 2.52 bits per heavy atom. The fourth-order valence-corrected chi connectivity index (χ4v) is 2.80. The van der Waals surface area contributed by atoms with Gasteiger partial charge in [-0.05, 0) is 31.1 Å². The van der Waals surface area contributed by atoms with E-state index in [2.05, 4.69) is 39.0 Å². The summed E-state index contributed by atoms with van der Waals surface area (Å²) in [5, 5.41) is 2.68. The molecule has 1 heterocycles. The van der Waals surface area contributed by atoms with Gasteiger partial charge in [-0.1, -0.05) is 51.7 Å². The first-order valence-electron chi connectivity index (χ1n) is 9.22. The summed E-state index contributed by atoms with van der Waals surface area (Å²) in [7, 11) is 0. The molecule has 2 atom stereocenters. The van der Waals surface area contributed by atoms with Gasteiger partial charge < -0.3 is 14.2 Å². The lowest BCUT2D eigenvalue weighted by Crippen LogP contribution is -2.31. The molecule has 130 valence electrons. The van der Waals surface area contributed by atoms with Gasteiger partial charge in [0.2, 0.25) is 0 Å². The third kappa shape index (κ3) is 5.50. The summed E-state index contributed by atoms with van der Waals surface area (Å²) in [4.78, 5) is 0. The van der Waals surface area contributed by atoms with Crippen molar-refractivity contribution in [2.75, 3.05) is 20.0 Å². The summed E-state index contributed by atoms with van der Waals surface area (Å²) in [5.41, 5.74) is 0. The number of rotatable bonds is 8. The van der Waals surface area contributed by atoms with Gasteiger partial charge in [0.1, 0.15) is 12.5 Å². The van der Waals surface area contributed by atoms with E-state index in [1.165, 1.54) is 42.5 Å². The summed E-state index contributed by atoms with van der Waals surface area (Å²) < 4.78 is 16.2. The van der Waals surface area contributed by atoms with Crippen LogP contribution in [0.2, 0.25) is 0 Å². The molecule has 0 aromatic rings. The molecule has 0 radical (unpaired) electrons. The minimum atomic E-state index is 0.399. The lowest BCUT2D eigenvalue weighted by Gasteiger charge is -2.28. The standard InChI is InChI=1S/C10H20O2.C10H12O/c1-3-4-5-6-10-7-11-8-12-9(10)2;1-2-3-6-11-10-7-8-4-5-9(8)10/h9-10H,3-8H2,1-2H3;4-5,7H,2-3,6H2,1H3. The highest BCUT2D eigenvalue weighted by Gasteiger charge is 2.21. The summed E-state index contributed by atoms with van der Waals surface area (Å²) in [6.45, 7) is 8.81. The lowest BCUT2D eigenvalue weighted by atomic mass is 9.97. The first-order chi connectivity index (χ1) is 11.3. The van der Waals surface area contributed by atoms with Gasteiger partial charge in [0, 0.05) is 11.1 Å². The molecule has 0 aromatic carbocycles. The van der Waals surface area contributed by atoms with Gasteiger partial charge in [-0.3, -0.25) is 0 Å². The smallest absolute Gasteiger partial charge is 0.147 e. The van der Waals surface area contributed by atoms with Crippen LogP contribution < -0.4 is 4.74 Å². The molecule has 0 spiro atoms. The van der Waals surface area contributed by atoms with Crippen LogP contribution in [-0.2, 0) is 9.47 Å². The topological polar surface area (TPSA) is 27.7 Å². The molecule has 2 aliphatic carbocycles. The normalized spacial score (nSPS) is 21.3. The van der Waals surface area contributed by atoms with Crippen molar-refractivity contribution in [2.45, 2.75) is 65.4 Å². The van der Waals surface area contributed by atoms with E-state index in [0.717, 1.165) is 25.4 Å². The molecule has 2 unspecified atom stereocenters. The van der Waals surface area contributed by atoms with E-state index >= 15 is 0 Å². The van der Waals surface area contributed by atoms with E-state index < -0.39 is 0 Å². The van der Waals surface area contributed by atoms with Gasteiger partial charge >= 0.3 is 0 Å². The van der Waals surface area contributed by atoms with Crippen LogP contribution in [0.4, 0.5) is 0 Å². The zero-order valence-electron chi connectivity index (χ0n) is 15.0. The molecule has 1 saturated heterocycles. The maximum atomic E-state index is 5.50. The van der Waals surface area contributed by atoms with Crippen LogP contribution in [0.1, 0.15) is 59.3 Å². The quantitative estimate of drug-likeness (QED) is 0.638. The Morgan fingerprint density at radius 2 is 1.96 bits per heavy atom. The van der Waals surface area contributed by atoms with Crippen molar-refractivity contribution in [2.24, 2.45) is 5.92 Å². The Hall–Kier alpha value is -1.06. The maximum absolute atomic E-state index is 5.50. The van der Waals surface area contributed by atoms with Crippen molar-refractivity contribution in [1.29, 1.82) is 0 Å². The second kappa shape index (κ2) is 9.94. The van der Waals surface area contributed by atoms with E-state index in [1.54, 1.807) is 0 Å². The number of ether oxygens (including phenoxy) is 3. The van der Waals surface area contributed by atoms with Crippen molar-refractivity contribution >= 4 is 0 Å². The van der Waals surface area contributed by atoms with Gasteiger partial charge in [-0.25, -0.2) is 0 Å². The number of hydrogen-bond acceptors (Lipinski definition) is 3. The minimum absolute atomic E-state index is 0.399. The number of unbranched alkanes of at least 4 members (excludes halogenated alkanes) is 3. The second-order valence-corrected chi connectivity index (χ2v) is 6.53. The highest BCUT2D eigenvalue weighted by Crippen LogP contribution is 2.24. The summed E-state index contributed by atoms with van der Waals surface area (Å²) >= 11 is 0. The SMILES string of the molecule is CCCCCC1COCOC1C.CCCCOc1cc2ccc1=2. The van der Waals surface area contributed by atoms with Crippen LogP contribution in [-0.4, -0.2) is 26.1 Å². The largest absolute Gasteiger partial charge is 0.493 e. The van der Waals surface area contributed by atoms with Crippen LogP contribution in [0.25, 0.3) is 0 Å². The highest BCUT2D eigenvalue weighted by atomic mass is 16.7. The molecule has 3 nitrogen and oxygen atoms in total. The van der Waals surface area contributed by atoms with Crippen molar-refractivity contribution in [3.05, 3.63) is 28.6 Å². The molecular formula is C20H32O3. The Bertz CT molecular complexity index is 540. The molecule has 1 aliphatic heterocycles. The zero-order chi connectivity index (χ0) is 16.5. The van der Waals surface area contributed by atoms with E-state index in [4.69, 9.17) is 14.2 Å². The van der Waals surface area contributed by atoms with Gasteiger partial charge in [0.25, 0.3) is 0 Å². The van der Waals surface area contributed by atoms with Crippen LogP contribution in [0.5, 0.6) is 5.75 Å².